The van der Waals surface area contributed by atoms with E-state index >= 15 is 0 Å². The van der Waals surface area contributed by atoms with Crippen molar-refractivity contribution in [3.8, 4) is 17.2 Å². The molecule has 0 heterocycles. The summed E-state index contributed by atoms with van der Waals surface area (Å²) in [5, 5.41) is 1.38. The Morgan fingerprint density at radius 3 is 1.80 bits per heavy atom. The van der Waals surface area contributed by atoms with Gasteiger partial charge < -0.3 is 14.2 Å². The fourth-order valence-corrected chi connectivity index (χ4v) is 4.42. The third-order valence-corrected chi connectivity index (χ3v) is 5.71. The van der Waals surface area contributed by atoms with Crippen molar-refractivity contribution < 1.29 is 19.0 Å². The minimum absolute atomic E-state index is 0. The van der Waals surface area contributed by atoms with Gasteiger partial charge in [-0.15, -0.1) is 0 Å². The van der Waals surface area contributed by atoms with E-state index in [9.17, 15) is 4.79 Å². The summed E-state index contributed by atoms with van der Waals surface area (Å²) in [7, 11) is -0.246. The molecule has 0 spiro atoms. The molecule has 1 unspecified atom stereocenters. The maximum atomic E-state index is 13.1. The van der Waals surface area contributed by atoms with Crippen LogP contribution >= 0.6 is 31.8 Å². The third-order valence-electron chi connectivity index (χ3n) is 3.86. The van der Waals surface area contributed by atoms with Crippen LogP contribution in [0.15, 0.2) is 30.3 Å². The van der Waals surface area contributed by atoms with Crippen LogP contribution in [0.5, 0.6) is 17.2 Å². The molecule has 30 heavy (non-hydrogen) atoms. The van der Waals surface area contributed by atoms with E-state index in [1.807, 2.05) is 32.9 Å². The van der Waals surface area contributed by atoms with Gasteiger partial charge in [0.25, 0.3) is 0 Å². The van der Waals surface area contributed by atoms with Gasteiger partial charge in [-0.25, -0.2) is 0 Å². The first-order valence-corrected chi connectivity index (χ1v) is 11.6. The molecule has 2 rings (SSSR count). The summed E-state index contributed by atoms with van der Waals surface area (Å²) in [5.74, 6) is 1.86. The fourth-order valence-electron chi connectivity index (χ4n) is 2.53. The Hall–Kier alpha value is -0.883. The number of halogens is 2. The van der Waals surface area contributed by atoms with Crippen LogP contribution in [0.4, 0.5) is 0 Å². The summed E-state index contributed by atoms with van der Waals surface area (Å²) in [6.07, 6.45) is 2.58. The molecule has 159 valence electrons. The van der Waals surface area contributed by atoms with Gasteiger partial charge in [-0.05, 0) is 40.0 Å². The summed E-state index contributed by atoms with van der Waals surface area (Å²) >= 11 is 12.5. The average Bonchev–Trinajstić information content (AvgIpc) is 2.70. The van der Waals surface area contributed by atoms with Gasteiger partial charge in [0.2, 0.25) is 0 Å². The molecule has 0 aliphatic heterocycles. The third kappa shape index (κ3) is 7.67. The number of carbonyl (C=O) groups excluding carboxylic acids is 1. The van der Waals surface area contributed by atoms with Crippen molar-refractivity contribution in [1.29, 1.82) is 0 Å². The van der Waals surface area contributed by atoms with Crippen LogP contribution in [0.25, 0.3) is 0 Å². The van der Waals surface area contributed by atoms with E-state index in [1.54, 1.807) is 18.2 Å². The van der Waals surface area contributed by atoms with Gasteiger partial charge in [0.15, 0.2) is 5.52 Å². The van der Waals surface area contributed by atoms with Crippen LogP contribution in [0.3, 0.4) is 0 Å². The molecule has 1 atom stereocenters. The van der Waals surface area contributed by atoms with Crippen molar-refractivity contribution in [2.24, 2.45) is 0 Å². The van der Waals surface area contributed by atoms with Crippen molar-refractivity contribution in [3.05, 3.63) is 45.9 Å². The first kappa shape index (κ1) is 27.2. The van der Waals surface area contributed by atoms with Crippen LogP contribution in [0.2, 0.25) is 10.0 Å². The van der Waals surface area contributed by atoms with Crippen LogP contribution in [0, 0.1) is 0 Å². The van der Waals surface area contributed by atoms with Crippen LogP contribution in [-0.2, 0) is 0 Å². The van der Waals surface area contributed by atoms with Gasteiger partial charge in [0, 0.05) is 31.0 Å². The van der Waals surface area contributed by atoms with Gasteiger partial charge in [-0.1, -0.05) is 50.0 Å². The molecular weight excluding hydrogens is 437 g/mol. The largest absolute Gasteiger partial charge is 0.493 e. The zero-order chi connectivity index (χ0) is 21.2. The van der Waals surface area contributed by atoms with E-state index in [2.05, 4.69) is 0 Å². The van der Waals surface area contributed by atoms with E-state index in [0.717, 1.165) is 19.3 Å². The molecular formula is C22H27Cl2LiO4P. The molecule has 2 aromatic carbocycles. The SMILES string of the molecule is CCCOc1cc(OCCC)c(PC(=O)c2c(Cl)cccc2Cl)c(OCCC)c1.[Li]. The normalized spacial score (nSPS) is 10.7. The van der Waals surface area contributed by atoms with Crippen molar-refractivity contribution in [2.75, 3.05) is 19.8 Å². The Balaban J connectivity index is 0.00000450. The van der Waals surface area contributed by atoms with Gasteiger partial charge in [-0.3, -0.25) is 4.79 Å². The predicted molar refractivity (Wildman–Crippen MR) is 128 cm³/mol. The molecule has 0 aliphatic rings. The van der Waals surface area contributed by atoms with Gasteiger partial charge in [0.05, 0.1) is 40.7 Å². The van der Waals surface area contributed by atoms with E-state index < -0.39 is 0 Å². The number of ether oxygens (including phenoxy) is 3. The monoisotopic (exact) mass is 463 g/mol. The first-order chi connectivity index (χ1) is 14.0. The smallest absolute Gasteiger partial charge is 0.188 e. The molecule has 0 saturated heterocycles. The standard InChI is InChI=1S/C22H27Cl2O4P.Li/c1-4-10-26-15-13-18(27-11-5-2)21(19(14-15)28-12-6-3)29-22(25)20-16(23)8-7-9-17(20)24;/h7-9,13-14,29H,4-6,10-12H2,1-3H3;. The van der Waals surface area contributed by atoms with Crippen molar-refractivity contribution >= 4 is 61.5 Å². The average molecular weight is 464 g/mol. The summed E-state index contributed by atoms with van der Waals surface area (Å²) in [5.41, 5.74) is 0.161. The van der Waals surface area contributed by atoms with E-state index in [0.29, 0.717) is 58.0 Å². The molecule has 0 saturated carbocycles. The molecule has 2 aromatic rings. The second-order valence-electron chi connectivity index (χ2n) is 6.39. The molecule has 8 heteroatoms. The maximum absolute atomic E-state index is 13.1. The number of hydrogen-bond donors (Lipinski definition) is 0. The van der Waals surface area contributed by atoms with Gasteiger partial charge >= 0.3 is 0 Å². The zero-order valence-corrected chi connectivity index (χ0v) is 20.5. The maximum Gasteiger partial charge on any atom is 0.188 e. The van der Waals surface area contributed by atoms with Crippen LogP contribution in [-0.4, -0.2) is 44.2 Å². The second kappa shape index (κ2) is 14.2. The Morgan fingerprint density at radius 2 is 1.33 bits per heavy atom. The molecule has 0 aromatic heterocycles. The fraction of sp³-hybridized carbons (Fsp3) is 0.409. The molecule has 0 fully saturated rings. The first-order valence-electron chi connectivity index (χ1n) is 9.83. The molecule has 0 amide bonds. The Bertz CT molecular complexity index is 784. The van der Waals surface area contributed by atoms with E-state index in [1.165, 1.54) is 0 Å². The van der Waals surface area contributed by atoms with Crippen LogP contribution < -0.4 is 19.5 Å². The minimum atomic E-state index is -0.246. The summed E-state index contributed by atoms with van der Waals surface area (Å²) < 4.78 is 17.7. The molecule has 0 bridgehead atoms. The Labute approximate surface area is 202 Å². The van der Waals surface area contributed by atoms with Crippen molar-refractivity contribution in [2.45, 2.75) is 40.0 Å². The van der Waals surface area contributed by atoms with Crippen molar-refractivity contribution in [1.82, 2.24) is 0 Å². The quantitative estimate of drug-likeness (QED) is 0.280. The van der Waals surface area contributed by atoms with E-state index in [4.69, 9.17) is 37.4 Å². The summed E-state index contributed by atoms with van der Waals surface area (Å²) in [6.45, 7) is 7.76. The molecule has 0 N–H and O–H groups in total. The zero-order valence-electron chi connectivity index (χ0n) is 18.0. The second-order valence-corrected chi connectivity index (χ2v) is 8.41. The molecule has 0 aliphatic carbocycles. The Morgan fingerprint density at radius 1 is 0.867 bits per heavy atom. The number of hydrogen-bond acceptors (Lipinski definition) is 4. The van der Waals surface area contributed by atoms with Gasteiger partial charge in [0.1, 0.15) is 17.2 Å². The van der Waals surface area contributed by atoms with Crippen molar-refractivity contribution in [3.63, 3.8) is 0 Å². The summed E-state index contributed by atoms with van der Waals surface area (Å²) in [6, 6.07) is 8.70. The predicted octanol–water partition coefficient (Wildman–Crippen LogP) is 6.12. The minimum Gasteiger partial charge on any atom is -0.493 e. The Kier molecular flexibility index (Phi) is 12.9. The molecule has 4 nitrogen and oxygen atoms in total. The number of rotatable bonds is 12. The van der Waals surface area contributed by atoms with Crippen LogP contribution in [0.1, 0.15) is 50.4 Å². The molecule has 1 radical (unpaired) electrons. The number of benzene rings is 2. The topological polar surface area (TPSA) is 44.8 Å². The summed E-state index contributed by atoms with van der Waals surface area (Å²) in [4.78, 5) is 13.1. The van der Waals surface area contributed by atoms with Gasteiger partial charge in [-0.2, -0.15) is 0 Å². The number of carbonyl (C=O) groups is 1. The van der Waals surface area contributed by atoms with E-state index in [-0.39, 0.29) is 33.0 Å².